The predicted molar refractivity (Wildman–Crippen MR) is 98.1 cm³/mol. The Morgan fingerprint density at radius 1 is 1.23 bits per heavy atom. The number of carbonyl (C=O) groups is 1. The van der Waals surface area contributed by atoms with Crippen molar-refractivity contribution in [3.63, 3.8) is 0 Å². The van der Waals surface area contributed by atoms with Crippen LogP contribution >= 0.6 is 0 Å². The van der Waals surface area contributed by atoms with Crippen LogP contribution in [0.2, 0.25) is 0 Å². The third-order valence-corrected chi connectivity index (χ3v) is 3.71. The molecule has 3 rings (SSSR count). The van der Waals surface area contributed by atoms with Gasteiger partial charge >= 0.3 is 6.09 Å². The Balaban J connectivity index is 2.25. The maximum Gasteiger partial charge on any atom is 0.419 e. The number of aromatic nitrogens is 4. The van der Waals surface area contributed by atoms with Gasteiger partial charge in [0.15, 0.2) is 0 Å². The lowest BCUT2D eigenvalue weighted by Crippen LogP contribution is -2.26. The van der Waals surface area contributed by atoms with Crippen LogP contribution in [0.4, 0.5) is 10.7 Å². The zero-order chi connectivity index (χ0) is 19.1. The minimum Gasteiger partial charge on any atom is -0.481 e. The Morgan fingerprint density at radius 2 is 1.96 bits per heavy atom. The Bertz CT molecular complexity index is 988. The van der Waals surface area contributed by atoms with Crippen molar-refractivity contribution < 1.29 is 14.3 Å². The highest BCUT2D eigenvalue weighted by molar-refractivity contribution is 6.00. The maximum atomic E-state index is 12.6. The number of ether oxygens (including phenoxy) is 2. The molecule has 0 aliphatic carbocycles. The highest BCUT2D eigenvalue weighted by Crippen LogP contribution is 2.33. The first-order chi connectivity index (χ1) is 12.2. The minimum absolute atomic E-state index is 0.157. The third-order valence-electron chi connectivity index (χ3n) is 3.71. The van der Waals surface area contributed by atoms with Crippen molar-refractivity contribution in [1.29, 1.82) is 0 Å². The van der Waals surface area contributed by atoms with E-state index < -0.39 is 11.7 Å². The van der Waals surface area contributed by atoms with Gasteiger partial charge < -0.3 is 15.2 Å². The van der Waals surface area contributed by atoms with Crippen molar-refractivity contribution in [1.82, 2.24) is 19.5 Å². The van der Waals surface area contributed by atoms with Crippen LogP contribution in [-0.2, 0) is 4.74 Å². The molecule has 0 unspecified atom stereocenters. The van der Waals surface area contributed by atoms with E-state index in [1.807, 2.05) is 27.7 Å². The summed E-state index contributed by atoms with van der Waals surface area (Å²) < 4.78 is 12.1. The molecule has 0 aliphatic heterocycles. The van der Waals surface area contributed by atoms with Crippen LogP contribution in [-0.4, -0.2) is 38.3 Å². The van der Waals surface area contributed by atoms with Gasteiger partial charge in [0.25, 0.3) is 0 Å². The lowest BCUT2D eigenvalue weighted by molar-refractivity contribution is 0.0544. The van der Waals surface area contributed by atoms with Gasteiger partial charge in [-0.3, -0.25) is 4.57 Å². The van der Waals surface area contributed by atoms with Crippen molar-refractivity contribution >= 4 is 22.9 Å². The van der Waals surface area contributed by atoms with E-state index in [1.54, 1.807) is 24.7 Å². The average Bonchev–Trinajstić information content (AvgIpc) is 2.94. The summed E-state index contributed by atoms with van der Waals surface area (Å²) >= 11 is 0. The summed E-state index contributed by atoms with van der Waals surface area (Å²) in [7, 11) is 1.53. The van der Waals surface area contributed by atoms with Gasteiger partial charge in [-0.05, 0) is 33.3 Å². The lowest BCUT2D eigenvalue weighted by atomic mass is 10.1. The van der Waals surface area contributed by atoms with E-state index in [9.17, 15) is 4.79 Å². The van der Waals surface area contributed by atoms with Crippen LogP contribution in [0.15, 0.2) is 24.7 Å². The number of nitrogen functional groups attached to an aromatic ring is 1. The van der Waals surface area contributed by atoms with Crippen molar-refractivity contribution in [3.8, 4) is 17.1 Å². The van der Waals surface area contributed by atoms with Gasteiger partial charge in [0, 0.05) is 29.4 Å². The summed E-state index contributed by atoms with van der Waals surface area (Å²) in [6, 6.07) is 1.75. The molecule has 0 aliphatic rings. The van der Waals surface area contributed by atoms with Crippen molar-refractivity contribution in [2.45, 2.75) is 33.3 Å². The molecule has 0 bridgehead atoms. The molecule has 26 heavy (non-hydrogen) atoms. The van der Waals surface area contributed by atoms with Crippen LogP contribution in [0, 0.1) is 6.92 Å². The largest absolute Gasteiger partial charge is 0.481 e. The smallest absolute Gasteiger partial charge is 0.419 e. The molecule has 3 aromatic heterocycles. The van der Waals surface area contributed by atoms with Gasteiger partial charge in [-0.25, -0.2) is 19.7 Å². The number of nitrogens with two attached hydrogens (primary N) is 1. The molecule has 136 valence electrons. The molecule has 2 N–H and O–H groups in total. The second-order valence-corrected chi connectivity index (χ2v) is 6.90. The molecule has 0 saturated carbocycles. The van der Waals surface area contributed by atoms with Crippen molar-refractivity contribution in [2.75, 3.05) is 12.8 Å². The van der Waals surface area contributed by atoms with E-state index in [4.69, 9.17) is 15.2 Å². The SMILES string of the molecule is COc1cc2c(-c3nc(N)ncc3C)cn(C(=O)OC(C)(C)C)c2cn1. The number of carbonyl (C=O) groups excluding carboxylic acids is 1. The third kappa shape index (κ3) is 3.30. The highest BCUT2D eigenvalue weighted by atomic mass is 16.6. The molecule has 0 radical (unpaired) electrons. The van der Waals surface area contributed by atoms with Gasteiger partial charge in [0.1, 0.15) is 5.60 Å². The van der Waals surface area contributed by atoms with Crippen molar-refractivity contribution in [2.24, 2.45) is 0 Å². The van der Waals surface area contributed by atoms with Crippen LogP contribution in [0.1, 0.15) is 26.3 Å². The molecule has 0 fully saturated rings. The van der Waals surface area contributed by atoms with Crippen molar-refractivity contribution in [3.05, 3.63) is 30.2 Å². The van der Waals surface area contributed by atoms with Gasteiger partial charge in [0.2, 0.25) is 11.8 Å². The normalized spacial score (nSPS) is 11.6. The summed E-state index contributed by atoms with van der Waals surface area (Å²) in [5, 5.41) is 0.754. The summed E-state index contributed by atoms with van der Waals surface area (Å²) in [5.41, 5.74) is 7.91. The number of nitrogens with zero attached hydrogens (tertiary/aromatic N) is 4. The minimum atomic E-state index is -0.622. The molecule has 0 atom stereocenters. The summed E-state index contributed by atoms with van der Waals surface area (Å²) in [5.74, 6) is 0.588. The first kappa shape index (κ1) is 17.7. The molecule has 0 spiro atoms. The first-order valence-electron chi connectivity index (χ1n) is 8.07. The van der Waals surface area contributed by atoms with E-state index >= 15 is 0 Å². The zero-order valence-corrected chi connectivity index (χ0v) is 15.4. The fourth-order valence-electron chi connectivity index (χ4n) is 2.60. The van der Waals surface area contributed by atoms with E-state index in [0.29, 0.717) is 17.1 Å². The maximum absolute atomic E-state index is 12.6. The Morgan fingerprint density at radius 3 is 2.62 bits per heavy atom. The number of rotatable bonds is 2. The average molecular weight is 355 g/mol. The number of hydrogen-bond acceptors (Lipinski definition) is 7. The topological polar surface area (TPSA) is 105 Å². The van der Waals surface area contributed by atoms with Crippen LogP contribution in [0.3, 0.4) is 0 Å². The zero-order valence-electron chi connectivity index (χ0n) is 15.4. The quantitative estimate of drug-likeness (QED) is 0.752. The molecule has 0 aromatic carbocycles. The molecule has 0 saturated heterocycles. The first-order valence-corrected chi connectivity index (χ1v) is 8.07. The fraction of sp³-hybridized carbons (Fsp3) is 0.333. The molecule has 8 nitrogen and oxygen atoms in total. The number of fused-ring (bicyclic) bond motifs is 1. The van der Waals surface area contributed by atoms with Gasteiger partial charge in [0.05, 0.1) is 24.5 Å². The molecule has 0 amide bonds. The fourth-order valence-corrected chi connectivity index (χ4v) is 2.60. The monoisotopic (exact) mass is 355 g/mol. The predicted octanol–water partition coefficient (Wildman–Crippen LogP) is 3.18. The highest BCUT2D eigenvalue weighted by Gasteiger charge is 2.23. The summed E-state index contributed by atoms with van der Waals surface area (Å²) in [6.07, 6.45) is 4.39. The molecule has 8 heteroatoms. The Labute approximate surface area is 151 Å². The number of aryl methyl sites for hydroxylation is 1. The van der Waals surface area contributed by atoms with Crippen LogP contribution < -0.4 is 10.5 Å². The van der Waals surface area contributed by atoms with Gasteiger partial charge in [-0.15, -0.1) is 0 Å². The van der Waals surface area contributed by atoms with Crippen LogP contribution in [0.5, 0.6) is 5.88 Å². The summed E-state index contributed by atoms with van der Waals surface area (Å²) in [6.45, 7) is 7.32. The molecule has 3 heterocycles. The van der Waals surface area contributed by atoms with Gasteiger partial charge in [-0.2, -0.15) is 0 Å². The Kier molecular flexibility index (Phi) is 4.27. The van der Waals surface area contributed by atoms with Crippen LogP contribution in [0.25, 0.3) is 22.2 Å². The number of anilines is 1. The lowest BCUT2D eigenvalue weighted by Gasteiger charge is -2.19. The second-order valence-electron chi connectivity index (χ2n) is 6.90. The van der Waals surface area contributed by atoms with E-state index in [1.165, 1.54) is 11.7 Å². The van der Waals surface area contributed by atoms with E-state index in [-0.39, 0.29) is 5.95 Å². The summed E-state index contributed by atoms with van der Waals surface area (Å²) in [4.78, 5) is 25.2. The molecular formula is C18H21N5O3. The number of methoxy groups -OCH3 is 1. The number of pyridine rings is 1. The Hall–Kier alpha value is -3.16. The molecule has 3 aromatic rings. The standard InChI is InChI=1S/C18H21N5O3/c1-10-7-21-16(19)22-15(10)12-9-23(17(24)26-18(2,3)4)13-8-20-14(25-5)6-11(12)13/h6-9H,1-5H3,(H2,19,21,22). The van der Waals surface area contributed by atoms with Gasteiger partial charge in [-0.1, -0.05) is 0 Å². The molecular weight excluding hydrogens is 334 g/mol. The number of hydrogen-bond donors (Lipinski definition) is 1. The van der Waals surface area contributed by atoms with E-state index in [0.717, 1.165) is 16.5 Å². The van der Waals surface area contributed by atoms with E-state index in [2.05, 4.69) is 15.0 Å². The second kappa shape index (κ2) is 6.29.